The Morgan fingerprint density at radius 3 is 2.62 bits per heavy atom. The maximum absolute atomic E-state index is 11.7. The number of imidazole rings is 1. The molecule has 0 bridgehead atoms. The van der Waals surface area contributed by atoms with Crippen molar-refractivity contribution in [2.24, 2.45) is 0 Å². The van der Waals surface area contributed by atoms with Crippen molar-refractivity contribution in [3.63, 3.8) is 0 Å². The van der Waals surface area contributed by atoms with Gasteiger partial charge in [-0.25, -0.2) is 13.4 Å². The molecule has 0 N–H and O–H groups in total. The van der Waals surface area contributed by atoms with E-state index < -0.39 is 9.84 Å². The molecule has 0 atom stereocenters. The second-order valence-corrected chi connectivity index (χ2v) is 7.46. The van der Waals surface area contributed by atoms with E-state index in [-0.39, 0.29) is 5.16 Å². The third-order valence-electron chi connectivity index (χ3n) is 3.06. The summed E-state index contributed by atoms with van der Waals surface area (Å²) >= 11 is 3.48. The lowest BCUT2D eigenvalue weighted by atomic mass is 10.2. The normalized spacial score (nSPS) is 14.2. The molecular weight excluding hydrogens is 360 g/mol. The van der Waals surface area contributed by atoms with Crippen LogP contribution in [0.15, 0.2) is 34.2 Å². The SMILES string of the molecule is CS(=O)(=O)c1nccn1Cc1cc2c(cc1Br)OCCO2. The fourth-order valence-electron chi connectivity index (χ4n) is 2.16. The average Bonchev–Trinajstić information content (AvgIpc) is 2.88. The van der Waals surface area contributed by atoms with E-state index in [2.05, 4.69) is 20.9 Å². The molecule has 1 aromatic carbocycles. The Kier molecular flexibility index (Phi) is 3.66. The van der Waals surface area contributed by atoms with Crippen LogP contribution in [0.4, 0.5) is 0 Å². The van der Waals surface area contributed by atoms with Gasteiger partial charge in [-0.05, 0) is 17.7 Å². The molecule has 8 heteroatoms. The fourth-order valence-corrected chi connectivity index (χ4v) is 3.41. The minimum Gasteiger partial charge on any atom is -0.486 e. The summed E-state index contributed by atoms with van der Waals surface area (Å²) in [7, 11) is -3.36. The Morgan fingerprint density at radius 1 is 1.29 bits per heavy atom. The van der Waals surface area contributed by atoms with Crippen molar-refractivity contribution in [1.29, 1.82) is 0 Å². The zero-order valence-corrected chi connectivity index (χ0v) is 13.6. The van der Waals surface area contributed by atoms with Crippen molar-refractivity contribution < 1.29 is 17.9 Å². The van der Waals surface area contributed by atoms with Gasteiger partial charge in [0.25, 0.3) is 0 Å². The molecule has 0 amide bonds. The van der Waals surface area contributed by atoms with Crippen LogP contribution in [0.2, 0.25) is 0 Å². The van der Waals surface area contributed by atoms with E-state index in [9.17, 15) is 8.42 Å². The summed E-state index contributed by atoms with van der Waals surface area (Å²) in [5.41, 5.74) is 0.891. The highest BCUT2D eigenvalue weighted by molar-refractivity contribution is 9.10. The first kappa shape index (κ1) is 14.4. The highest BCUT2D eigenvalue weighted by atomic mass is 79.9. The lowest BCUT2D eigenvalue weighted by molar-refractivity contribution is 0.171. The summed E-state index contributed by atoms with van der Waals surface area (Å²) in [5, 5.41) is 0.0456. The van der Waals surface area contributed by atoms with Crippen molar-refractivity contribution in [1.82, 2.24) is 9.55 Å². The van der Waals surface area contributed by atoms with Crippen LogP contribution in [0, 0.1) is 0 Å². The molecule has 21 heavy (non-hydrogen) atoms. The second-order valence-electron chi connectivity index (χ2n) is 4.70. The highest BCUT2D eigenvalue weighted by Crippen LogP contribution is 2.36. The third-order valence-corrected chi connectivity index (χ3v) is 4.80. The zero-order valence-electron chi connectivity index (χ0n) is 11.2. The summed E-state index contributed by atoms with van der Waals surface area (Å²) in [6.45, 7) is 1.41. The maximum atomic E-state index is 11.7. The molecule has 2 aromatic rings. The third kappa shape index (κ3) is 2.91. The van der Waals surface area contributed by atoms with Gasteiger partial charge in [-0.15, -0.1) is 0 Å². The van der Waals surface area contributed by atoms with Gasteiger partial charge in [-0.1, -0.05) is 15.9 Å². The first-order valence-corrected chi connectivity index (χ1v) is 8.93. The van der Waals surface area contributed by atoms with Crippen LogP contribution in [-0.2, 0) is 16.4 Å². The van der Waals surface area contributed by atoms with Crippen LogP contribution >= 0.6 is 15.9 Å². The van der Waals surface area contributed by atoms with Gasteiger partial charge in [0, 0.05) is 23.1 Å². The largest absolute Gasteiger partial charge is 0.486 e. The number of hydrogen-bond acceptors (Lipinski definition) is 5. The molecule has 0 unspecified atom stereocenters. The monoisotopic (exact) mass is 372 g/mol. The molecule has 112 valence electrons. The number of ether oxygens (including phenoxy) is 2. The number of rotatable bonds is 3. The van der Waals surface area contributed by atoms with E-state index in [4.69, 9.17) is 9.47 Å². The summed E-state index contributed by atoms with van der Waals surface area (Å²) < 4.78 is 36.8. The standard InChI is InChI=1S/C13H13BrN2O4S/c1-21(17,18)13-15-2-3-16(13)8-9-6-11-12(7-10(9)14)20-5-4-19-11/h2-3,6-7H,4-5,8H2,1H3. The first-order chi connectivity index (χ1) is 9.95. The van der Waals surface area contributed by atoms with Gasteiger partial charge >= 0.3 is 0 Å². The summed E-state index contributed by atoms with van der Waals surface area (Å²) in [6.07, 6.45) is 4.26. The van der Waals surface area contributed by atoms with Crippen molar-refractivity contribution in [2.75, 3.05) is 19.5 Å². The Hall–Kier alpha value is -1.54. The van der Waals surface area contributed by atoms with Gasteiger partial charge in [0.05, 0.1) is 6.54 Å². The van der Waals surface area contributed by atoms with Crippen LogP contribution in [0.3, 0.4) is 0 Å². The first-order valence-electron chi connectivity index (χ1n) is 6.24. The molecular formula is C13H13BrN2O4S. The van der Waals surface area contributed by atoms with Crippen LogP contribution in [0.25, 0.3) is 0 Å². The lowest BCUT2D eigenvalue weighted by Gasteiger charge is -2.20. The fraction of sp³-hybridized carbons (Fsp3) is 0.308. The molecule has 3 rings (SSSR count). The van der Waals surface area contributed by atoms with Crippen LogP contribution < -0.4 is 9.47 Å². The average molecular weight is 373 g/mol. The molecule has 1 aromatic heterocycles. The van der Waals surface area contributed by atoms with E-state index in [0.717, 1.165) is 16.3 Å². The minimum absolute atomic E-state index is 0.0456. The van der Waals surface area contributed by atoms with E-state index in [0.29, 0.717) is 31.3 Å². The predicted octanol–water partition coefficient (Wildman–Crippen LogP) is 1.87. The maximum Gasteiger partial charge on any atom is 0.227 e. The molecule has 0 radical (unpaired) electrons. The quantitative estimate of drug-likeness (QED) is 0.822. The van der Waals surface area contributed by atoms with Crippen LogP contribution in [0.1, 0.15) is 5.56 Å². The molecule has 0 saturated carbocycles. The Bertz CT molecular complexity index is 785. The topological polar surface area (TPSA) is 70.4 Å². The molecule has 0 spiro atoms. The van der Waals surface area contributed by atoms with E-state index >= 15 is 0 Å². The smallest absolute Gasteiger partial charge is 0.227 e. The molecule has 0 saturated heterocycles. The van der Waals surface area contributed by atoms with Crippen molar-refractivity contribution in [3.05, 3.63) is 34.6 Å². The van der Waals surface area contributed by atoms with E-state index in [1.54, 1.807) is 10.8 Å². The van der Waals surface area contributed by atoms with E-state index in [1.165, 1.54) is 6.20 Å². The van der Waals surface area contributed by atoms with Crippen LogP contribution in [-0.4, -0.2) is 37.4 Å². The molecule has 0 aliphatic carbocycles. The molecule has 1 aliphatic heterocycles. The molecule has 2 heterocycles. The van der Waals surface area contributed by atoms with Crippen molar-refractivity contribution in [2.45, 2.75) is 11.7 Å². The van der Waals surface area contributed by atoms with Crippen molar-refractivity contribution in [3.8, 4) is 11.5 Å². The summed E-state index contributed by atoms with van der Waals surface area (Å²) in [5.74, 6) is 1.35. The van der Waals surface area contributed by atoms with E-state index in [1.807, 2.05) is 12.1 Å². The van der Waals surface area contributed by atoms with Gasteiger partial charge in [-0.3, -0.25) is 0 Å². The van der Waals surface area contributed by atoms with Crippen molar-refractivity contribution >= 4 is 25.8 Å². The number of halogens is 1. The number of nitrogens with zero attached hydrogens (tertiary/aromatic N) is 2. The second kappa shape index (κ2) is 5.34. The summed E-state index contributed by atoms with van der Waals surface area (Å²) in [4.78, 5) is 3.90. The minimum atomic E-state index is -3.36. The lowest BCUT2D eigenvalue weighted by Crippen LogP contribution is -2.16. The molecule has 0 fully saturated rings. The Morgan fingerprint density at radius 2 is 1.95 bits per heavy atom. The Balaban J connectivity index is 1.98. The zero-order chi connectivity index (χ0) is 15.0. The van der Waals surface area contributed by atoms with Gasteiger partial charge in [-0.2, -0.15) is 0 Å². The highest BCUT2D eigenvalue weighted by Gasteiger charge is 2.18. The number of sulfone groups is 1. The predicted molar refractivity (Wildman–Crippen MR) is 79.6 cm³/mol. The molecule has 1 aliphatic rings. The number of aromatic nitrogens is 2. The number of hydrogen-bond donors (Lipinski definition) is 0. The van der Waals surface area contributed by atoms with Crippen LogP contribution in [0.5, 0.6) is 11.5 Å². The number of benzene rings is 1. The van der Waals surface area contributed by atoms with Gasteiger partial charge < -0.3 is 14.0 Å². The summed E-state index contributed by atoms with van der Waals surface area (Å²) in [6, 6.07) is 3.69. The number of fused-ring (bicyclic) bond motifs is 1. The van der Waals surface area contributed by atoms with Gasteiger partial charge in [0.1, 0.15) is 13.2 Å². The van der Waals surface area contributed by atoms with Gasteiger partial charge in [0.15, 0.2) is 11.5 Å². The Labute approximate surface area is 130 Å². The molecule has 6 nitrogen and oxygen atoms in total. The van der Waals surface area contributed by atoms with Gasteiger partial charge in [0.2, 0.25) is 15.0 Å².